The highest BCUT2D eigenvalue weighted by Gasteiger charge is 2.30. The Morgan fingerprint density at radius 1 is 1.53 bits per heavy atom. The van der Waals surface area contributed by atoms with Crippen LogP contribution in [0, 0.1) is 5.92 Å². The van der Waals surface area contributed by atoms with Gasteiger partial charge in [-0.3, -0.25) is 9.59 Å². The molecule has 0 fully saturated rings. The molecule has 1 heterocycles. The van der Waals surface area contributed by atoms with Crippen molar-refractivity contribution in [2.45, 2.75) is 19.8 Å². The lowest BCUT2D eigenvalue weighted by molar-refractivity contribution is -0.141. The summed E-state index contributed by atoms with van der Waals surface area (Å²) in [6.07, 6.45) is 0.865. The number of carboxylic acid groups (broad SMARTS) is 1. The summed E-state index contributed by atoms with van der Waals surface area (Å²) in [5, 5.41) is 12.1. The van der Waals surface area contributed by atoms with Gasteiger partial charge in [-0.05, 0) is 30.2 Å². The third-order valence-corrected chi connectivity index (χ3v) is 3.55. The van der Waals surface area contributed by atoms with Gasteiger partial charge in [-0.2, -0.15) is 0 Å². The Balaban J connectivity index is 2.25. The van der Waals surface area contributed by atoms with E-state index in [1.54, 1.807) is 4.90 Å². The largest absolute Gasteiger partial charge is 0.481 e. The Morgan fingerprint density at radius 2 is 2.26 bits per heavy atom. The predicted octanol–water partition coefficient (Wildman–Crippen LogP) is 1.73. The number of carbonyl (C=O) groups is 2. The summed E-state index contributed by atoms with van der Waals surface area (Å²) in [6.45, 7) is 2.07. The Labute approximate surface area is 112 Å². The van der Waals surface area contributed by atoms with Gasteiger partial charge in [-0.25, -0.2) is 0 Å². The molecule has 5 nitrogen and oxygen atoms in total. The topological polar surface area (TPSA) is 69.6 Å². The first-order valence-electron chi connectivity index (χ1n) is 6.40. The van der Waals surface area contributed by atoms with E-state index in [1.807, 2.05) is 32.2 Å². The van der Waals surface area contributed by atoms with Crippen LogP contribution in [0.25, 0.3) is 0 Å². The van der Waals surface area contributed by atoms with Gasteiger partial charge in [-0.1, -0.05) is 6.92 Å². The van der Waals surface area contributed by atoms with Crippen LogP contribution in [0.15, 0.2) is 18.2 Å². The lowest BCUT2D eigenvalue weighted by atomic mass is 10.1. The van der Waals surface area contributed by atoms with Crippen molar-refractivity contribution < 1.29 is 14.7 Å². The molecule has 1 atom stereocenters. The molecule has 0 spiro atoms. The number of nitrogens with zero attached hydrogens (tertiary/aromatic N) is 1. The fourth-order valence-corrected chi connectivity index (χ4v) is 2.34. The minimum absolute atomic E-state index is 0.0250. The zero-order chi connectivity index (χ0) is 14.0. The number of nitrogens with one attached hydrogen (secondary N) is 1. The SMILES string of the molecule is CCC(CN1C(=O)Cc2cc(NC)ccc21)C(=O)O. The van der Waals surface area contributed by atoms with E-state index in [2.05, 4.69) is 5.32 Å². The van der Waals surface area contributed by atoms with E-state index in [1.165, 1.54) is 0 Å². The summed E-state index contributed by atoms with van der Waals surface area (Å²) < 4.78 is 0. The van der Waals surface area contributed by atoms with Gasteiger partial charge in [0.2, 0.25) is 5.91 Å². The van der Waals surface area contributed by atoms with Crippen LogP contribution in [0.5, 0.6) is 0 Å². The number of fused-ring (bicyclic) bond motifs is 1. The number of hydrogen-bond acceptors (Lipinski definition) is 3. The monoisotopic (exact) mass is 262 g/mol. The number of aliphatic carboxylic acids is 1. The van der Waals surface area contributed by atoms with E-state index in [0.29, 0.717) is 12.8 Å². The quantitative estimate of drug-likeness (QED) is 0.848. The van der Waals surface area contributed by atoms with Crippen molar-refractivity contribution in [3.8, 4) is 0 Å². The molecule has 1 aromatic rings. The summed E-state index contributed by atoms with van der Waals surface area (Å²) in [5.74, 6) is -1.39. The van der Waals surface area contributed by atoms with E-state index < -0.39 is 11.9 Å². The Kier molecular flexibility index (Phi) is 3.74. The van der Waals surface area contributed by atoms with E-state index in [9.17, 15) is 9.59 Å². The number of carbonyl (C=O) groups excluding carboxylic acids is 1. The third-order valence-electron chi connectivity index (χ3n) is 3.55. The highest BCUT2D eigenvalue weighted by Crippen LogP contribution is 2.32. The van der Waals surface area contributed by atoms with Crippen LogP contribution in [-0.2, 0) is 16.0 Å². The molecule has 5 heteroatoms. The molecule has 1 amide bonds. The van der Waals surface area contributed by atoms with Crippen LogP contribution in [0.4, 0.5) is 11.4 Å². The molecule has 2 N–H and O–H groups in total. The molecule has 0 aromatic heterocycles. The van der Waals surface area contributed by atoms with E-state index in [0.717, 1.165) is 16.9 Å². The standard InChI is InChI=1S/C14H18N2O3/c1-3-9(14(18)19)8-16-12-5-4-11(15-2)6-10(12)7-13(16)17/h4-6,9,15H,3,7-8H2,1-2H3,(H,18,19). The average molecular weight is 262 g/mol. The number of carboxylic acids is 1. The average Bonchev–Trinajstić information content (AvgIpc) is 2.70. The smallest absolute Gasteiger partial charge is 0.308 e. The van der Waals surface area contributed by atoms with Gasteiger partial charge in [0.25, 0.3) is 0 Å². The molecular formula is C14H18N2O3. The Morgan fingerprint density at radius 3 is 2.84 bits per heavy atom. The van der Waals surface area contributed by atoms with E-state index in [-0.39, 0.29) is 12.5 Å². The molecule has 1 aliphatic rings. The highest BCUT2D eigenvalue weighted by atomic mass is 16.4. The normalized spacial score (nSPS) is 15.3. The van der Waals surface area contributed by atoms with Crippen molar-refractivity contribution in [2.24, 2.45) is 5.92 Å². The molecule has 102 valence electrons. The second kappa shape index (κ2) is 5.30. The first kappa shape index (κ1) is 13.4. The fourth-order valence-electron chi connectivity index (χ4n) is 2.34. The molecule has 1 aromatic carbocycles. The summed E-state index contributed by atoms with van der Waals surface area (Å²) in [6, 6.07) is 5.71. The first-order chi connectivity index (χ1) is 9.06. The van der Waals surface area contributed by atoms with Gasteiger partial charge in [0.05, 0.1) is 12.3 Å². The molecule has 1 aliphatic heterocycles. The van der Waals surface area contributed by atoms with Crippen LogP contribution in [0.3, 0.4) is 0 Å². The van der Waals surface area contributed by atoms with E-state index in [4.69, 9.17) is 5.11 Å². The molecule has 19 heavy (non-hydrogen) atoms. The van der Waals surface area contributed by atoms with Gasteiger partial charge >= 0.3 is 5.97 Å². The summed E-state index contributed by atoms with van der Waals surface area (Å²) in [4.78, 5) is 24.7. The van der Waals surface area contributed by atoms with Gasteiger partial charge in [0.1, 0.15) is 0 Å². The maximum atomic E-state index is 12.0. The van der Waals surface area contributed by atoms with E-state index >= 15 is 0 Å². The molecule has 0 saturated carbocycles. The molecule has 0 saturated heterocycles. The van der Waals surface area contributed by atoms with Crippen molar-refractivity contribution in [3.05, 3.63) is 23.8 Å². The predicted molar refractivity (Wildman–Crippen MR) is 73.5 cm³/mol. The zero-order valence-electron chi connectivity index (χ0n) is 11.1. The fraction of sp³-hybridized carbons (Fsp3) is 0.429. The van der Waals surface area contributed by atoms with Crippen molar-refractivity contribution >= 4 is 23.3 Å². The maximum absolute atomic E-state index is 12.0. The number of hydrogen-bond donors (Lipinski definition) is 2. The van der Waals surface area contributed by atoms with Crippen LogP contribution < -0.4 is 10.2 Å². The summed E-state index contributed by atoms with van der Waals surface area (Å²) in [7, 11) is 1.83. The summed E-state index contributed by atoms with van der Waals surface area (Å²) >= 11 is 0. The highest BCUT2D eigenvalue weighted by molar-refractivity contribution is 6.02. The summed E-state index contributed by atoms with van der Waals surface area (Å²) in [5.41, 5.74) is 2.75. The van der Waals surface area contributed by atoms with Crippen molar-refractivity contribution in [2.75, 3.05) is 23.8 Å². The van der Waals surface area contributed by atoms with Gasteiger partial charge in [0.15, 0.2) is 0 Å². The molecule has 0 radical (unpaired) electrons. The second-order valence-corrected chi connectivity index (χ2v) is 4.72. The number of rotatable bonds is 5. The Bertz CT molecular complexity index is 513. The maximum Gasteiger partial charge on any atom is 0.308 e. The first-order valence-corrected chi connectivity index (χ1v) is 6.40. The lowest BCUT2D eigenvalue weighted by Gasteiger charge is -2.21. The molecule has 0 aliphatic carbocycles. The zero-order valence-corrected chi connectivity index (χ0v) is 11.1. The molecule has 1 unspecified atom stereocenters. The number of benzene rings is 1. The number of amides is 1. The van der Waals surface area contributed by atoms with Gasteiger partial charge in [-0.15, -0.1) is 0 Å². The Hall–Kier alpha value is -2.04. The minimum atomic E-state index is -0.851. The van der Waals surface area contributed by atoms with Crippen LogP contribution in [0.1, 0.15) is 18.9 Å². The van der Waals surface area contributed by atoms with Crippen molar-refractivity contribution in [1.29, 1.82) is 0 Å². The third kappa shape index (κ3) is 2.54. The van der Waals surface area contributed by atoms with Gasteiger partial charge < -0.3 is 15.3 Å². The van der Waals surface area contributed by atoms with Gasteiger partial charge in [0, 0.05) is 25.0 Å². The molecule has 2 rings (SSSR count). The van der Waals surface area contributed by atoms with Crippen LogP contribution in [0.2, 0.25) is 0 Å². The second-order valence-electron chi connectivity index (χ2n) is 4.72. The van der Waals surface area contributed by atoms with Crippen LogP contribution in [-0.4, -0.2) is 30.6 Å². The van der Waals surface area contributed by atoms with Crippen molar-refractivity contribution in [3.63, 3.8) is 0 Å². The molecular weight excluding hydrogens is 244 g/mol. The molecule has 0 bridgehead atoms. The van der Waals surface area contributed by atoms with Crippen molar-refractivity contribution in [1.82, 2.24) is 0 Å². The minimum Gasteiger partial charge on any atom is -0.481 e. The van der Waals surface area contributed by atoms with Crippen LogP contribution >= 0.6 is 0 Å². The number of anilines is 2. The lowest BCUT2D eigenvalue weighted by Crippen LogP contribution is -2.35.